The van der Waals surface area contributed by atoms with Gasteiger partial charge in [-0.1, -0.05) is 24.6 Å². The van der Waals surface area contributed by atoms with E-state index in [9.17, 15) is 14.4 Å². The Kier molecular flexibility index (Phi) is 6.95. The van der Waals surface area contributed by atoms with Gasteiger partial charge in [0.25, 0.3) is 5.91 Å². The molecule has 0 aliphatic heterocycles. The van der Waals surface area contributed by atoms with Crippen molar-refractivity contribution < 1.29 is 14.4 Å². The lowest BCUT2D eigenvalue weighted by atomic mass is 10.1. The summed E-state index contributed by atoms with van der Waals surface area (Å²) in [5.41, 5.74) is 3.20. The Bertz CT molecular complexity index is 1070. The number of rotatable bonds is 9. The van der Waals surface area contributed by atoms with Gasteiger partial charge in [-0.05, 0) is 51.0 Å². The van der Waals surface area contributed by atoms with Crippen molar-refractivity contribution >= 4 is 28.9 Å². The van der Waals surface area contributed by atoms with Crippen molar-refractivity contribution in [2.45, 2.75) is 39.5 Å². The monoisotopic (exact) mass is 406 g/mol. The van der Waals surface area contributed by atoms with Crippen LogP contribution in [0, 0.1) is 6.92 Å². The maximum Gasteiger partial charge on any atom is 0.270 e. The van der Waals surface area contributed by atoms with Crippen LogP contribution < -0.4 is 10.6 Å². The van der Waals surface area contributed by atoms with E-state index in [2.05, 4.69) is 15.6 Å². The van der Waals surface area contributed by atoms with Crippen LogP contribution in [-0.4, -0.2) is 33.5 Å². The average molecular weight is 406 g/mol. The predicted octanol–water partition coefficient (Wildman–Crippen LogP) is 3.77. The van der Waals surface area contributed by atoms with Crippen molar-refractivity contribution in [3.05, 3.63) is 65.6 Å². The smallest absolute Gasteiger partial charge is 0.270 e. The first-order valence-corrected chi connectivity index (χ1v) is 10.1. The van der Waals surface area contributed by atoms with Gasteiger partial charge in [0.15, 0.2) is 5.78 Å². The molecule has 7 nitrogen and oxygen atoms in total. The molecule has 0 unspecified atom stereocenters. The molecule has 0 bridgehead atoms. The molecule has 3 aromatic rings. The highest BCUT2D eigenvalue weighted by Crippen LogP contribution is 2.13. The van der Waals surface area contributed by atoms with Gasteiger partial charge in [-0.15, -0.1) is 0 Å². The van der Waals surface area contributed by atoms with E-state index in [0.717, 1.165) is 24.9 Å². The lowest BCUT2D eigenvalue weighted by Gasteiger charge is -2.07. The molecule has 1 aromatic carbocycles. The van der Waals surface area contributed by atoms with E-state index in [-0.39, 0.29) is 17.6 Å². The number of Topliss-reactive ketones (excluding diaryl/α,β-unsaturated/α-hetero) is 1. The van der Waals surface area contributed by atoms with E-state index in [0.29, 0.717) is 35.6 Å². The van der Waals surface area contributed by atoms with E-state index in [1.54, 1.807) is 28.7 Å². The summed E-state index contributed by atoms with van der Waals surface area (Å²) in [5, 5.41) is 5.75. The predicted molar refractivity (Wildman–Crippen MR) is 116 cm³/mol. The van der Waals surface area contributed by atoms with Gasteiger partial charge < -0.3 is 10.6 Å². The number of pyridine rings is 1. The third-order valence-corrected chi connectivity index (χ3v) is 4.84. The van der Waals surface area contributed by atoms with Gasteiger partial charge in [0.1, 0.15) is 11.3 Å². The van der Waals surface area contributed by atoms with Gasteiger partial charge in [-0.2, -0.15) is 0 Å². The van der Waals surface area contributed by atoms with Crippen LogP contribution in [0.3, 0.4) is 0 Å². The summed E-state index contributed by atoms with van der Waals surface area (Å²) in [6.45, 7) is 3.86. The van der Waals surface area contributed by atoms with Gasteiger partial charge in [-0.3, -0.25) is 18.8 Å². The Hall–Kier alpha value is -3.48. The number of anilines is 1. The average Bonchev–Trinajstić information content (AvgIpc) is 3.06. The van der Waals surface area contributed by atoms with E-state index < -0.39 is 0 Å². The molecule has 30 heavy (non-hydrogen) atoms. The Morgan fingerprint density at radius 1 is 1.03 bits per heavy atom. The number of aryl methyl sites for hydroxylation is 1. The molecule has 0 aliphatic rings. The zero-order valence-corrected chi connectivity index (χ0v) is 17.3. The molecular formula is C23H26N4O3. The number of ketones is 1. The summed E-state index contributed by atoms with van der Waals surface area (Å²) in [7, 11) is 0. The summed E-state index contributed by atoms with van der Waals surface area (Å²) < 4.78 is 1.79. The van der Waals surface area contributed by atoms with Crippen LogP contribution in [0.5, 0.6) is 0 Å². The quantitative estimate of drug-likeness (QED) is 0.418. The van der Waals surface area contributed by atoms with Gasteiger partial charge in [-0.25, -0.2) is 4.98 Å². The number of fused-ring (bicyclic) bond motifs is 1. The van der Waals surface area contributed by atoms with Gasteiger partial charge in [0.05, 0.1) is 5.69 Å². The number of hydrogen-bond acceptors (Lipinski definition) is 4. The molecule has 3 rings (SSSR count). The highest BCUT2D eigenvalue weighted by molar-refractivity contribution is 5.97. The fourth-order valence-electron chi connectivity index (χ4n) is 3.30. The molecule has 0 fully saturated rings. The molecule has 0 aliphatic carbocycles. The number of aromatic nitrogens is 2. The first-order chi connectivity index (χ1) is 14.5. The number of amides is 2. The van der Waals surface area contributed by atoms with E-state index in [1.165, 1.54) is 6.92 Å². The number of nitrogens with zero attached hydrogens (tertiary/aromatic N) is 2. The van der Waals surface area contributed by atoms with Crippen LogP contribution in [-0.2, 0) is 4.79 Å². The van der Waals surface area contributed by atoms with Crippen molar-refractivity contribution in [3.63, 3.8) is 0 Å². The molecule has 2 N–H and O–H groups in total. The first-order valence-electron chi connectivity index (χ1n) is 10.1. The first kappa shape index (κ1) is 21.2. The second kappa shape index (κ2) is 9.82. The SMILES string of the molecule is CC(=O)c1cccc(NC(=O)CCCCCNC(=O)c2c(C)nc3ccccn23)c1. The van der Waals surface area contributed by atoms with E-state index >= 15 is 0 Å². The molecule has 0 atom stereocenters. The highest BCUT2D eigenvalue weighted by atomic mass is 16.2. The summed E-state index contributed by atoms with van der Waals surface area (Å²) in [5.74, 6) is -0.261. The lowest BCUT2D eigenvalue weighted by Crippen LogP contribution is -2.26. The zero-order valence-electron chi connectivity index (χ0n) is 17.3. The van der Waals surface area contributed by atoms with Crippen LogP contribution in [0.1, 0.15) is 59.1 Å². The topological polar surface area (TPSA) is 92.6 Å². The van der Waals surface area contributed by atoms with Crippen molar-refractivity contribution in [2.75, 3.05) is 11.9 Å². The van der Waals surface area contributed by atoms with E-state index in [4.69, 9.17) is 0 Å². The fourth-order valence-corrected chi connectivity index (χ4v) is 3.30. The fraction of sp³-hybridized carbons (Fsp3) is 0.304. The van der Waals surface area contributed by atoms with Crippen molar-refractivity contribution in [2.24, 2.45) is 0 Å². The summed E-state index contributed by atoms with van der Waals surface area (Å²) >= 11 is 0. The number of unbranched alkanes of at least 4 members (excludes halogenated alkanes) is 2. The molecule has 2 aromatic heterocycles. The van der Waals surface area contributed by atoms with Crippen LogP contribution in [0.25, 0.3) is 5.65 Å². The molecule has 0 radical (unpaired) electrons. The maximum atomic E-state index is 12.5. The highest BCUT2D eigenvalue weighted by Gasteiger charge is 2.15. The van der Waals surface area contributed by atoms with Gasteiger partial charge in [0, 0.05) is 30.4 Å². The van der Waals surface area contributed by atoms with Crippen LogP contribution >= 0.6 is 0 Å². The molecule has 0 saturated carbocycles. The molecular weight excluding hydrogens is 380 g/mol. The molecule has 7 heteroatoms. The second-order valence-corrected chi connectivity index (χ2v) is 7.23. The number of hydrogen-bond donors (Lipinski definition) is 2. The summed E-state index contributed by atoms with van der Waals surface area (Å²) in [6, 6.07) is 12.5. The van der Waals surface area contributed by atoms with Crippen molar-refractivity contribution in [3.8, 4) is 0 Å². The van der Waals surface area contributed by atoms with Crippen molar-refractivity contribution in [1.29, 1.82) is 0 Å². The molecule has 0 spiro atoms. The lowest BCUT2D eigenvalue weighted by molar-refractivity contribution is -0.116. The third-order valence-electron chi connectivity index (χ3n) is 4.84. The summed E-state index contributed by atoms with van der Waals surface area (Å²) in [6.07, 6.45) is 4.56. The minimum atomic E-state index is -0.144. The number of benzene rings is 1. The maximum absolute atomic E-state index is 12.5. The third kappa shape index (κ3) is 5.31. The molecule has 2 heterocycles. The zero-order chi connectivity index (χ0) is 21.5. The normalized spacial score (nSPS) is 10.7. The number of nitrogens with one attached hydrogen (secondary N) is 2. The van der Waals surface area contributed by atoms with Gasteiger partial charge in [0.2, 0.25) is 5.91 Å². The number of carbonyl (C=O) groups excluding carboxylic acids is 3. The van der Waals surface area contributed by atoms with Crippen LogP contribution in [0.2, 0.25) is 0 Å². The minimum absolute atomic E-state index is 0.0349. The summed E-state index contributed by atoms with van der Waals surface area (Å²) in [4.78, 5) is 40.4. The Morgan fingerprint density at radius 2 is 1.87 bits per heavy atom. The van der Waals surface area contributed by atoms with Crippen molar-refractivity contribution in [1.82, 2.24) is 14.7 Å². The minimum Gasteiger partial charge on any atom is -0.351 e. The Morgan fingerprint density at radius 3 is 2.67 bits per heavy atom. The van der Waals surface area contributed by atoms with Crippen LogP contribution in [0.15, 0.2) is 48.7 Å². The van der Waals surface area contributed by atoms with Gasteiger partial charge >= 0.3 is 0 Å². The molecule has 156 valence electrons. The second-order valence-electron chi connectivity index (χ2n) is 7.23. The Labute approximate surface area is 175 Å². The number of carbonyl (C=O) groups is 3. The van der Waals surface area contributed by atoms with E-state index in [1.807, 2.05) is 31.3 Å². The number of imidazole rings is 1. The molecule has 0 saturated heterocycles. The molecule has 2 amide bonds. The van der Waals surface area contributed by atoms with Crippen LogP contribution in [0.4, 0.5) is 5.69 Å². The largest absolute Gasteiger partial charge is 0.351 e. The Balaban J connectivity index is 1.38. The standard InChI is InChI=1S/C23H26N4O3/c1-16-22(27-14-7-5-11-20(27)25-16)23(30)24-13-6-3-4-12-21(29)26-19-10-8-9-18(15-19)17(2)28/h5,7-11,14-15H,3-4,6,12-13H2,1-2H3,(H,24,30)(H,26,29).